The molecule has 0 saturated heterocycles. The summed E-state index contributed by atoms with van der Waals surface area (Å²) < 4.78 is 18.9. The Morgan fingerprint density at radius 1 is 1.16 bits per heavy atom. The Kier molecular flexibility index (Phi) is 4.15. The second kappa shape index (κ2) is 5.83. The van der Waals surface area contributed by atoms with Crippen LogP contribution in [0, 0.1) is 11.7 Å². The van der Waals surface area contributed by atoms with Gasteiger partial charge in [-0.3, -0.25) is 0 Å². The molecule has 0 bridgehead atoms. The quantitative estimate of drug-likeness (QED) is 0.771. The zero-order chi connectivity index (χ0) is 13.8. The summed E-state index contributed by atoms with van der Waals surface area (Å²) >= 11 is 0. The highest BCUT2D eigenvalue weighted by molar-refractivity contribution is 6.04. The minimum atomic E-state index is -0.392. The van der Waals surface area contributed by atoms with Crippen LogP contribution in [0.5, 0.6) is 0 Å². The maximum Gasteiger partial charge on any atom is 0.338 e. The summed E-state index contributed by atoms with van der Waals surface area (Å²) in [5, 5.41) is 1.04. The van der Waals surface area contributed by atoms with Gasteiger partial charge in [-0.05, 0) is 29.9 Å². The Morgan fingerprint density at radius 3 is 2.53 bits per heavy atom. The first-order valence-corrected chi connectivity index (χ1v) is 6.44. The van der Waals surface area contributed by atoms with Gasteiger partial charge >= 0.3 is 5.97 Å². The summed E-state index contributed by atoms with van der Waals surface area (Å²) in [5.74, 6) is -0.232. The zero-order valence-corrected chi connectivity index (χ0v) is 11.2. The van der Waals surface area contributed by atoms with E-state index >= 15 is 0 Å². The molecule has 3 heteroatoms. The molecule has 19 heavy (non-hydrogen) atoms. The maximum absolute atomic E-state index is 13.6. The van der Waals surface area contributed by atoms with Crippen LogP contribution in [0.15, 0.2) is 36.4 Å². The summed E-state index contributed by atoms with van der Waals surface area (Å²) in [4.78, 5) is 12.0. The SMILES string of the molecule is CC(C)CCOC(=O)c1ccc(F)c2ccccc12. The molecule has 0 spiro atoms. The van der Waals surface area contributed by atoms with Gasteiger partial charge in [-0.15, -0.1) is 0 Å². The smallest absolute Gasteiger partial charge is 0.338 e. The summed E-state index contributed by atoms with van der Waals surface area (Å²) in [5.41, 5.74) is 0.417. The van der Waals surface area contributed by atoms with Gasteiger partial charge in [-0.25, -0.2) is 9.18 Å². The van der Waals surface area contributed by atoms with Crippen molar-refractivity contribution in [3.8, 4) is 0 Å². The molecule has 0 unspecified atom stereocenters. The van der Waals surface area contributed by atoms with Gasteiger partial charge in [0.05, 0.1) is 12.2 Å². The minimum Gasteiger partial charge on any atom is -0.462 e. The molecule has 0 aliphatic heterocycles. The van der Waals surface area contributed by atoms with Gasteiger partial charge < -0.3 is 4.74 Å². The average molecular weight is 260 g/mol. The summed E-state index contributed by atoms with van der Waals surface area (Å²) in [7, 11) is 0. The fourth-order valence-corrected chi connectivity index (χ4v) is 1.91. The number of benzene rings is 2. The molecule has 0 aromatic heterocycles. The average Bonchev–Trinajstić information content (AvgIpc) is 2.39. The monoisotopic (exact) mass is 260 g/mol. The lowest BCUT2D eigenvalue weighted by Crippen LogP contribution is -2.08. The van der Waals surface area contributed by atoms with Crippen molar-refractivity contribution < 1.29 is 13.9 Å². The number of ether oxygens (including phenoxy) is 1. The Labute approximate surface area is 112 Å². The molecule has 2 aromatic rings. The zero-order valence-electron chi connectivity index (χ0n) is 11.2. The first-order valence-electron chi connectivity index (χ1n) is 6.44. The molecule has 0 fully saturated rings. The first-order chi connectivity index (χ1) is 9.09. The topological polar surface area (TPSA) is 26.3 Å². The van der Waals surface area contributed by atoms with Crippen LogP contribution < -0.4 is 0 Å². The summed E-state index contributed by atoms with van der Waals surface area (Å²) in [6.07, 6.45) is 0.824. The van der Waals surface area contributed by atoms with Crippen molar-refractivity contribution in [2.75, 3.05) is 6.61 Å². The van der Waals surface area contributed by atoms with E-state index < -0.39 is 5.97 Å². The molecular weight excluding hydrogens is 243 g/mol. The molecule has 2 aromatic carbocycles. The number of hydrogen-bond acceptors (Lipinski definition) is 2. The van der Waals surface area contributed by atoms with E-state index in [9.17, 15) is 9.18 Å². The molecule has 100 valence electrons. The molecule has 2 nitrogen and oxygen atoms in total. The molecular formula is C16H17FO2. The number of hydrogen-bond donors (Lipinski definition) is 0. The van der Waals surface area contributed by atoms with Crippen molar-refractivity contribution in [1.29, 1.82) is 0 Å². The van der Waals surface area contributed by atoms with Crippen LogP contribution in [0.1, 0.15) is 30.6 Å². The van der Waals surface area contributed by atoms with Crippen molar-refractivity contribution in [2.45, 2.75) is 20.3 Å². The van der Waals surface area contributed by atoms with Crippen LogP contribution in [0.3, 0.4) is 0 Å². The Bertz CT molecular complexity index is 590. The largest absolute Gasteiger partial charge is 0.462 e. The van der Waals surface area contributed by atoms with E-state index in [1.807, 2.05) is 0 Å². The summed E-state index contributed by atoms with van der Waals surface area (Å²) in [6.45, 7) is 4.53. The second-order valence-electron chi connectivity index (χ2n) is 4.96. The van der Waals surface area contributed by atoms with Gasteiger partial charge in [0.2, 0.25) is 0 Å². The van der Waals surface area contributed by atoms with Gasteiger partial charge in [0.25, 0.3) is 0 Å². The van der Waals surface area contributed by atoms with Gasteiger partial charge in [0, 0.05) is 5.39 Å². The van der Waals surface area contributed by atoms with Gasteiger partial charge in [0.15, 0.2) is 0 Å². The van der Waals surface area contributed by atoms with E-state index in [1.54, 1.807) is 24.3 Å². The fourth-order valence-electron chi connectivity index (χ4n) is 1.91. The molecule has 0 saturated carbocycles. The van der Waals surface area contributed by atoms with Crippen molar-refractivity contribution >= 4 is 16.7 Å². The predicted octanol–water partition coefficient (Wildman–Crippen LogP) is 4.18. The molecule has 0 atom stereocenters. The lowest BCUT2D eigenvalue weighted by Gasteiger charge is -2.09. The van der Waals surface area contributed by atoms with Gasteiger partial charge in [-0.2, -0.15) is 0 Å². The molecule has 0 aliphatic rings. The van der Waals surface area contributed by atoms with E-state index in [0.717, 1.165) is 6.42 Å². The third-order valence-corrected chi connectivity index (χ3v) is 3.02. The van der Waals surface area contributed by atoms with Crippen LogP contribution in [0.25, 0.3) is 10.8 Å². The Balaban J connectivity index is 2.25. The third-order valence-electron chi connectivity index (χ3n) is 3.02. The number of carbonyl (C=O) groups excluding carboxylic acids is 1. The molecule has 0 N–H and O–H groups in total. The normalized spacial score (nSPS) is 10.9. The van der Waals surface area contributed by atoms with Crippen LogP contribution in [0.2, 0.25) is 0 Å². The second-order valence-corrected chi connectivity index (χ2v) is 4.96. The van der Waals surface area contributed by atoms with Crippen LogP contribution in [0.4, 0.5) is 4.39 Å². The lowest BCUT2D eigenvalue weighted by molar-refractivity contribution is 0.0490. The number of rotatable bonds is 4. The van der Waals surface area contributed by atoms with Crippen LogP contribution >= 0.6 is 0 Å². The van der Waals surface area contributed by atoms with Gasteiger partial charge in [0.1, 0.15) is 5.82 Å². The van der Waals surface area contributed by atoms with Crippen LogP contribution in [-0.4, -0.2) is 12.6 Å². The highest BCUT2D eigenvalue weighted by atomic mass is 19.1. The molecule has 0 radical (unpaired) electrons. The number of carbonyl (C=O) groups is 1. The Morgan fingerprint density at radius 2 is 1.84 bits per heavy atom. The highest BCUT2D eigenvalue weighted by Crippen LogP contribution is 2.22. The highest BCUT2D eigenvalue weighted by Gasteiger charge is 2.13. The standard InChI is InChI=1S/C16H17FO2/c1-11(2)9-10-19-16(18)14-7-8-15(17)13-6-4-3-5-12(13)14/h3-8,11H,9-10H2,1-2H3. The number of halogens is 1. The molecule has 2 rings (SSSR count). The molecule has 0 aliphatic carbocycles. The van der Waals surface area contributed by atoms with E-state index in [0.29, 0.717) is 28.9 Å². The van der Waals surface area contributed by atoms with E-state index in [-0.39, 0.29) is 5.82 Å². The minimum absolute atomic E-state index is 0.325. The number of esters is 1. The van der Waals surface area contributed by atoms with E-state index in [2.05, 4.69) is 13.8 Å². The predicted molar refractivity (Wildman–Crippen MR) is 73.6 cm³/mol. The van der Waals surface area contributed by atoms with Gasteiger partial charge in [-0.1, -0.05) is 38.1 Å². The van der Waals surface area contributed by atoms with E-state index in [1.165, 1.54) is 12.1 Å². The maximum atomic E-state index is 13.6. The summed E-state index contributed by atoms with van der Waals surface area (Å²) in [6, 6.07) is 9.72. The van der Waals surface area contributed by atoms with Crippen LogP contribution in [-0.2, 0) is 4.74 Å². The third kappa shape index (κ3) is 3.11. The van der Waals surface area contributed by atoms with Crippen molar-refractivity contribution in [2.24, 2.45) is 5.92 Å². The molecule has 0 heterocycles. The molecule has 0 amide bonds. The van der Waals surface area contributed by atoms with Crippen molar-refractivity contribution in [1.82, 2.24) is 0 Å². The van der Waals surface area contributed by atoms with Crippen molar-refractivity contribution in [3.63, 3.8) is 0 Å². The Hall–Kier alpha value is -1.90. The lowest BCUT2D eigenvalue weighted by atomic mass is 10.0. The van der Waals surface area contributed by atoms with E-state index in [4.69, 9.17) is 4.74 Å². The van der Waals surface area contributed by atoms with Crippen molar-refractivity contribution in [3.05, 3.63) is 47.8 Å². The first kappa shape index (κ1) is 13.5. The fraction of sp³-hybridized carbons (Fsp3) is 0.312. The number of fused-ring (bicyclic) bond motifs is 1.